The number of fused-ring (bicyclic) bond motifs is 7. The number of hydrogen-bond donors (Lipinski definition) is 0. The first-order valence-corrected chi connectivity index (χ1v) is 17.3. The number of para-hydroxylation sites is 1. The summed E-state index contributed by atoms with van der Waals surface area (Å²) in [6.07, 6.45) is 4.92. The van der Waals surface area contributed by atoms with Gasteiger partial charge in [-0.1, -0.05) is 18.2 Å². The van der Waals surface area contributed by atoms with Crippen LogP contribution in [-0.4, -0.2) is 26.2 Å². The van der Waals surface area contributed by atoms with Crippen molar-refractivity contribution in [2.24, 2.45) is 0 Å². The van der Waals surface area contributed by atoms with E-state index in [0.29, 0.717) is 0 Å². The fourth-order valence-corrected chi connectivity index (χ4v) is 11.4. The van der Waals surface area contributed by atoms with Crippen molar-refractivity contribution in [1.82, 2.24) is 4.57 Å². The van der Waals surface area contributed by atoms with E-state index in [2.05, 4.69) is 108 Å². The van der Waals surface area contributed by atoms with Crippen molar-refractivity contribution in [3.05, 3.63) is 119 Å². The molecule has 9 rings (SSSR count). The van der Waals surface area contributed by atoms with Gasteiger partial charge in [-0.25, -0.2) is 0 Å². The second-order valence-corrected chi connectivity index (χ2v) is 15.1. The monoisotopic (exact) mass is 629 g/mol. The van der Waals surface area contributed by atoms with Gasteiger partial charge in [0.2, 0.25) is 0 Å². The molecular weight excluding hydrogens is 604 g/mol. The van der Waals surface area contributed by atoms with Gasteiger partial charge in [0.05, 0.1) is 5.52 Å². The average Bonchev–Trinajstić information content (AvgIpc) is 3.35. The molecule has 0 atom stereocenters. The first-order valence-electron chi connectivity index (χ1n) is 14.4. The summed E-state index contributed by atoms with van der Waals surface area (Å²) in [7, 11) is 0. The van der Waals surface area contributed by atoms with Gasteiger partial charge in [-0.3, -0.25) is 0 Å². The molecule has 1 aromatic heterocycles. The zero-order valence-electron chi connectivity index (χ0n) is 22.4. The Labute approximate surface area is 256 Å². The maximum atomic E-state index is 6.44. The minimum atomic E-state index is 0.282. The molecule has 0 unspecified atom stereocenters. The molecule has 41 heavy (non-hydrogen) atoms. The van der Waals surface area contributed by atoms with Crippen LogP contribution in [-0.2, 0) is 12.8 Å². The molecular formula is C36H25BClNSSe. The van der Waals surface area contributed by atoms with Crippen LogP contribution >= 0.6 is 23.4 Å². The fourth-order valence-electron chi connectivity index (χ4n) is 7.17. The van der Waals surface area contributed by atoms with Gasteiger partial charge in [0.25, 0.3) is 0 Å². The third-order valence-electron chi connectivity index (χ3n) is 9.00. The van der Waals surface area contributed by atoms with Crippen LogP contribution < -0.4 is 25.3 Å². The minimum absolute atomic E-state index is 0.282. The van der Waals surface area contributed by atoms with Gasteiger partial charge in [0.15, 0.2) is 0 Å². The summed E-state index contributed by atoms with van der Waals surface area (Å²) in [5.74, 6) is 0. The van der Waals surface area contributed by atoms with Crippen molar-refractivity contribution in [2.45, 2.75) is 35.5 Å². The summed E-state index contributed by atoms with van der Waals surface area (Å²) in [6, 6.07) is 38.7. The average molecular weight is 629 g/mol. The molecule has 3 heterocycles. The van der Waals surface area contributed by atoms with Gasteiger partial charge in [-0.2, -0.15) is 0 Å². The molecule has 196 valence electrons. The number of rotatable bonds is 2. The molecule has 0 saturated carbocycles. The van der Waals surface area contributed by atoms with Crippen molar-refractivity contribution < 1.29 is 0 Å². The molecule has 6 aromatic rings. The number of halogens is 1. The third-order valence-corrected chi connectivity index (χ3v) is 12.8. The van der Waals surface area contributed by atoms with E-state index in [1.54, 1.807) is 5.56 Å². The molecule has 5 aromatic carbocycles. The van der Waals surface area contributed by atoms with Crippen LogP contribution in [0.3, 0.4) is 0 Å². The van der Waals surface area contributed by atoms with E-state index in [0.717, 1.165) is 11.4 Å². The molecule has 0 spiro atoms. The van der Waals surface area contributed by atoms with Crippen LogP contribution in [0.15, 0.2) is 113 Å². The number of aromatic nitrogens is 1. The Bertz CT molecular complexity index is 2030. The second-order valence-electron chi connectivity index (χ2n) is 11.3. The van der Waals surface area contributed by atoms with Gasteiger partial charge < -0.3 is 0 Å². The Hall–Kier alpha value is -3.14. The maximum absolute atomic E-state index is 6.44. The van der Waals surface area contributed by atoms with Gasteiger partial charge in [0, 0.05) is 11.1 Å². The first kappa shape index (κ1) is 24.5. The normalized spacial score (nSPS) is 14.8. The Kier molecular flexibility index (Phi) is 5.63. The van der Waals surface area contributed by atoms with Crippen molar-refractivity contribution in [3.8, 4) is 16.8 Å². The Morgan fingerprint density at radius 3 is 2.46 bits per heavy atom. The molecule has 0 bridgehead atoms. The van der Waals surface area contributed by atoms with Crippen LogP contribution in [0.25, 0.3) is 27.7 Å². The molecule has 0 radical (unpaired) electrons. The topological polar surface area (TPSA) is 4.93 Å². The molecule has 2 aliphatic heterocycles. The molecule has 1 aliphatic carbocycles. The number of nitrogens with zero attached hydrogens (tertiary/aromatic N) is 1. The third kappa shape index (κ3) is 3.78. The summed E-state index contributed by atoms with van der Waals surface area (Å²) in [5.41, 5.74) is 12.6. The van der Waals surface area contributed by atoms with E-state index in [4.69, 9.17) is 11.6 Å². The second kappa shape index (κ2) is 9.44. The van der Waals surface area contributed by atoms with Crippen molar-refractivity contribution in [1.29, 1.82) is 0 Å². The summed E-state index contributed by atoms with van der Waals surface area (Å²) in [5, 5.41) is 2.26. The summed E-state index contributed by atoms with van der Waals surface area (Å²) in [6.45, 7) is 0.282. The quantitative estimate of drug-likeness (QED) is 0.220. The SMILES string of the molecule is Clc1ccc2c(c1)[Se]c1cccc3c1B2c1ccc(-c2ccc(-n4c5c(c6ccccc64)CCCC5)cc2)cc1S3. The van der Waals surface area contributed by atoms with Gasteiger partial charge >= 0.3 is 185 Å². The van der Waals surface area contributed by atoms with E-state index in [1.165, 1.54) is 87.8 Å². The Morgan fingerprint density at radius 2 is 1.54 bits per heavy atom. The summed E-state index contributed by atoms with van der Waals surface area (Å²) >= 11 is 8.66. The fraction of sp³-hybridized carbons (Fsp3) is 0.111. The van der Waals surface area contributed by atoms with Crippen LogP contribution in [0.2, 0.25) is 5.02 Å². The Morgan fingerprint density at radius 1 is 0.707 bits per heavy atom. The molecule has 5 heteroatoms. The standard InChI is InChI=1S/C36H25BClNSSe/c38-24-15-19-29-35(21-24)41-34-11-5-10-32-36(34)37(29)28-18-14-23(20-33(28)40-32)22-12-16-25(17-13-22)39-30-8-3-1-6-26(30)27-7-2-4-9-31(27)39/h1,3,5-6,8,10-21H,2,4,7,9H2. The molecule has 3 aliphatic rings. The molecule has 0 saturated heterocycles. The van der Waals surface area contributed by atoms with E-state index < -0.39 is 0 Å². The van der Waals surface area contributed by atoms with Crippen molar-refractivity contribution in [2.75, 3.05) is 0 Å². The van der Waals surface area contributed by atoms with Crippen molar-refractivity contribution >= 4 is 81.2 Å². The van der Waals surface area contributed by atoms with Gasteiger partial charge in [0.1, 0.15) is 0 Å². The number of aryl methyl sites for hydroxylation is 1. The Balaban J connectivity index is 1.12. The molecule has 1 nitrogen and oxygen atoms in total. The van der Waals surface area contributed by atoms with E-state index in [-0.39, 0.29) is 21.7 Å². The van der Waals surface area contributed by atoms with E-state index >= 15 is 0 Å². The van der Waals surface area contributed by atoms with E-state index in [9.17, 15) is 0 Å². The molecule has 0 fully saturated rings. The number of benzene rings is 5. The molecule has 0 amide bonds. The zero-order chi connectivity index (χ0) is 27.1. The van der Waals surface area contributed by atoms with Gasteiger partial charge in [-0.05, 0) is 37.3 Å². The van der Waals surface area contributed by atoms with E-state index in [1.807, 2.05) is 11.8 Å². The predicted octanol–water partition coefficient (Wildman–Crippen LogP) is 5.78. The summed E-state index contributed by atoms with van der Waals surface area (Å²) in [4.78, 5) is 2.77. The summed E-state index contributed by atoms with van der Waals surface area (Å²) < 4.78 is 5.42. The van der Waals surface area contributed by atoms with Crippen LogP contribution in [0, 0.1) is 0 Å². The predicted molar refractivity (Wildman–Crippen MR) is 177 cm³/mol. The molecule has 0 N–H and O–H groups in total. The zero-order valence-corrected chi connectivity index (χ0v) is 25.6. The van der Waals surface area contributed by atoms with Crippen LogP contribution in [0.5, 0.6) is 0 Å². The number of hydrogen-bond acceptors (Lipinski definition) is 1. The van der Waals surface area contributed by atoms with Gasteiger partial charge in [-0.15, -0.1) is 0 Å². The first-order chi connectivity index (χ1) is 20.2. The van der Waals surface area contributed by atoms with Crippen molar-refractivity contribution in [3.63, 3.8) is 0 Å². The van der Waals surface area contributed by atoms with Crippen LogP contribution in [0.1, 0.15) is 24.1 Å². The van der Waals surface area contributed by atoms with Crippen LogP contribution in [0.4, 0.5) is 0 Å².